The maximum absolute atomic E-state index is 5.89. The molecule has 0 unspecified atom stereocenters. The van der Waals surface area contributed by atoms with Gasteiger partial charge in [-0.1, -0.05) is 24.6 Å². The van der Waals surface area contributed by atoms with Crippen LogP contribution in [-0.4, -0.2) is 12.8 Å². The van der Waals surface area contributed by atoms with Crippen molar-refractivity contribution in [1.82, 2.24) is 0 Å². The monoisotopic (exact) mass is 180 g/mol. The number of hydrogen-bond donors (Lipinski definition) is 0. The summed E-state index contributed by atoms with van der Waals surface area (Å²) in [5.41, 5.74) is 0.938. The Balaban J connectivity index is 2.68. The van der Waals surface area contributed by atoms with E-state index in [4.69, 9.17) is 11.6 Å². The van der Waals surface area contributed by atoms with Crippen LogP contribution in [0.3, 0.4) is 0 Å². The lowest BCUT2D eigenvalue weighted by Gasteiger charge is -1.94. The fraction of sp³-hybridized carbons (Fsp3) is 0.300. The summed E-state index contributed by atoms with van der Waals surface area (Å²) in [6.07, 6.45) is 2.85. The van der Waals surface area contributed by atoms with E-state index >= 15 is 0 Å². The third-order valence-electron chi connectivity index (χ3n) is 1.42. The average molecular weight is 181 g/mol. The summed E-state index contributed by atoms with van der Waals surface area (Å²) in [5.74, 6) is 0. The molecule has 0 saturated carbocycles. The lowest BCUT2D eigenvalue weighted by Crippen LogP contribution is -1.84. The first kappa shape index (κ1) is 9.27. The molecule has 0 aliphatic carbocycles. The Labute approximate surface area is 78.1 Å². The van der Waals surface area contributed by atoms with Gasteiger partial charge in [0.25, 0.3) is 0 Å². The minimum Gasteiger partial charge on any atom is -0.293 e. The van der Waals surface area contributed by atoms with Crippen molar-refractivity contribution in [3.63, 3.8) is 0 Å². The van der Waals surface area contributed by atoms with Crippen LogP contribution >= 0.6 is 11.6 Å². The van der Waals surface area contributed by atoms with Gasteiger partial charge in [-0.15, -0.1) is 0 Å². The Hall–Kier alpha value is -0.820. The summed E-state index contributed by atoms with van der Waals surface area (Å²) in [5, 5.41) is 0.730. The Morgan fingerprint density at radius 1 is 1.67 bits per heavy atom. The predicted molar refractivity (Wildman–Crippen MR) is 53.0 cm³/mol. The predicted octanol–water partition coefficient (Wildman–Crippen LogP) is 2.97. The molecule has 0 heterocycles. The van der Waals surface area contributed by atoms with Crippen molar-refractivity contribution < 1.29 is 0 Å². The quantitative estimate of drug-likeness (QED) is 0.635. The second kappa shape index (κ2) is 4.94. The number of nitrogens with zero attached hydrogens (tertiary/aromatic N) is 1. The van der Waals surface area contributed by atoms with Crippen LogP contribution in [0.2, 0.25) is 5.02 Å². The summed E-state index contributed by atoms with van der Waals surface area (Å²) in [4.78, 5) is 4.19. The number of benzene rings is 1. The molecular formula is C10H11ClN. The minimum absolute atomic E-state index is 0.730. The minimum atomic E-state index is 0.730. The van der Waals surface area contributed by atoms with Crippen LogP contribution in [0.5, 0.6) is 0 Å². The molecule has 1 aromatic rings. The fourth-order valence-electron chi connectivity index (χ4n) is 0.815. The van der Waals surface area contributed by atoms with Gasteiger partial charge in [0.2, 0.25) is 0 Å². The maximum atomic E-state index is 5.89. The Kier molecular flexibility index (Phi) is 3.81. The molecule has 0 atom stereocenters. The molecule has 0 saturated heterocycles. The molecule has 0 amide bonds. The molecule has 63 valence electrons. The van der Waals surface area contributed by atoms with Gasteiger partial charge in [0.1, 0.15) is 0 Å². The van der Waals surface area contributed by atoms with E-state index in [1.54, 1.807) is 12.3 Å². The number of aliphatic imine (C=N–C) groups is 1. The number of hydrogen-bond acceptors (Lipinski definition) is 1. The van der Waals surface area contributed by atoms with Gasteiger partial charge in [-0.25, -0.2) is 0 Å². The molecule has 1 aromatic carbocycles. The van der Waals surface area contributed by atoms with Gasteiger partial charge in [0, 0.05) is 23.3 Å². The Bertz CT molecular complexity index is 268. The molecule has 1 nitrogen and oxygen atoms in total. The molecule has 1 radical (unpaired) electrons. The first-order valence-corrected chi connectivity index (χ1v) is 4.38. The van der Waals surface area contributed by atoms with Crippen molar-refractivity contribution >= 4 is 17.8 Å². The summed E-state index contributed by atoms with van der Waals surface area (Å²) < 4.78 is 0. The van der Waals surface area contributed by atoms with Crippen molar-refractivity contribution in [3.8, 4) is 0 Å². The molecular weight excluding hydrogens is 170 g/mol. The van der Waals surface area contributed by atoms with Gasteiger partial charge in [-0.2, -0.15) is 0 Å². The van der Waals surface area contributed by atoms with Gasteiger partial charge in [0.15, 0.2) is 0 Å². The van der Waals surface area contributed by atoms with E-state index in [-0.39, 0.29) is 0 Å². The standard InChI is InChI=1S/C10H11ClN/c1-2-7-12-8-9-5-3-4-6-10(9)11/h4-6,8H,2,7H2,1H3/b12-8+. The fourth-order valence-corrected chi connectivity index (χ4v) is 0.982. The maximum Gasteiger partial charge on any atom is 0.0494 e. The molecule has 0 bridgehead atoms. The smallest absolute Gasteiger partial charge is 0.0494 e. The molecule has 0 aliphatic heterocycles. The number of halogens is 1. The van der Waals surface area contributed by atoms with Crippen LogP contribution in [0, 0.1) is 6.07 Å². The van der Waals surface area contributed by atoms with Crippen molar-refractivity contribution in [2.45, 2.75) is 13.3 Å². The van der Waals surface area contributed by atoms with E-state index in [0.717, 1.165) is 23.6 Å². The van der Waals surface area contributed by atoms with Gasteiger partial charge >= 0.3 is 0 Å². The van der Waals surface area contributed by atoms with E-state index in [2.05, 4.69) is 18.0 Å². The molecule has 0 spiro atoms. The Morgan fingerprint density at radius 3 is 3.17 bits per heavy atom. The average Bonchev–Trinajstić information content (AvgIpc) is 2.09. The zero-order chi connectivity index (χ0) is 8.81. The third kappa shape index (κ3) is 2.67. The second-order valence-corrected chi connectivity index (χ2v) is 2.89. The van der Waals surface area contributed by atoms with E-state index < -0.39 is 0 Å². The molecule has 0 aliphatic rings. The summed E-state index contributed by atoms with van der Waals surface area (Å²) >= 11 is 5.89. The van der Waals surface area contributed by atoms with E-state index in [1.165, 1.54) is 0 Å². The third-order valence-corrected chi connectivity index (χ3v) is 1.77. The lowest BCUT2D eigenvalue weighted by molar-refractivity contribution is 0.937. The Morgan fingerprint density at radius 2 is 2.50 bits per heavy atom. The van der Waals surface area contributed by atoms with Crippen LogP contribution in [0.25, 0.3) is 0 Å². The first-order chi connectivity index (χ1) is 5.84. The van der Waals surface area contributed by atoms with Crippen LogP contribution in [0.1, 0.15) is 18.9 Å². The van der Waals surface area contributed by atoms with Gasteiger partial charge in [-0.05, 0) is 24.6 Å². The molecule has 0 fully saturated rings. The summed E-state index contributed by atoms with van der Waals surface area (Å²) in [6, 6.07) is 8.39. The molecule has 2 heteroatoms. The highest BCUT2D eigenvalue weighted by Crippen LogP contribution is 2.11. The van der Waals surface area contributed by atoms with Crippen LogP contribution in [0.4, 0.5) is 0 Å². The topological polar surface area (TPSA) is 12.4 Å². The van der Waals surface area contributed by atoms with E-state index in [1.807, 2.05) is 12.1 Å². The largest absolute Gasteiger partial charge is 0.293 e. The zero-order valence-electron chi connectivity index (χ0n) is 7.05. The zero-order valence-corrected chi connectivity index (χ0v) is 7.80. The SMILES string of the molecule is CCC/N=C/c1c[c]ccc1Cl. The molecule has 0 aromatic heterocycles. The van der Waals surface area contributed by atoms with Crippen molar-refractivity contribution in [1.29, 1.82) is 0 Å². The van der Waals surface area contributed by atoms with Crippen LogP contribution in [-0.2, 0) is 0 Å². The van der Waals surface area contributed by atoms with Crippen molar-refractivity contribution in [2.24, 2.45) is 4.99 Å². The summed E-state index contributed by atoms with van der Waals surface area (Å²) in [6.45, 7) is 2.95. The highest BCUT2D eigenvalue weighted by molar-refractivity contribution is 6.33. The van der Waals surface area contributed by atoms with Crippen LogP contribution < -0.4 is 0 Å². The lowest BCUT2D eigenvalue weighted by atomic mass is 10.2. The van der Waals surface area contributed by atoms with Crippen molar-refractivity contribution in [2.75, 3.05) is 6.54 Å². The van der Waals surface area contributed by atoms with Gasteiger partial charge < -0.3 is 0 Å². The molecule has 0 N–H and O–H groups in total. The van der Waals surface area contributed by atoms with Gasteiger partial charge in [-0.3, -0.25) is 4.99 Å². The molecule has 12 heavy (non-hydrogen) atoms. The summed E-state index contributed by atoms with van der Waals surface area (Å²) in [7, 11) is 0. The van der Waals surface area contributed by atoms with E-state index in [0.29, 0.717) is 0 Å². The highest BCUT2D eigenvalue weighted by Gasteiger charge is 1.92. The van der Waals surface area contributed by atoms with Crippen molar-refractivity contribution in [3.05, 3.63) is 34.9 Å². The normalized spacial score (nSPS) is 10.8. The molecule has 1 rings (SSSR count). The van der Waals surface area contributed by atoms with E-state index in [9.17, 15) is 0 Å². The van der Waals surface area contributed by atoms with Gasteiger partial charge in [0.05, 0.1) is 0 Å². The van der Waals surface area contributed by atoms with Crippen LogP contribution in [0.15, 0.2) is 23.2 Å². The number of rotatable bonds is 3. The first-order valence-electron chi connectivity index (χ1n) is 4.00. The highest BCUT2D eigenvalue weighted by atomic mass is 35.5. The second-order valence-electron chi connectivity index (χ2n) is 2.48.